The van der Waals surface area contributed by atoms with Gasteiger partial charge < -0.3 is 9.84 Å². The maximum atomic E-state index is 8.85. The molecule has 2 aliphatic rings. The molecule has 1 N–H and O–H groups in total. The lowest BCUT2D eigenvalue weighted by atomic mass is 10.3. The lowest BCUT2D eigenvalue weighted by molar-refractivity contribution is 0.129. The highest BCUT2D eigenvalue weighted by Crippen LogP contribution is 2.38. The monoisotopic (exact) mass is 100 g/mol. The Kier molecular flexibility index (Phi) is 0.557. The van der Waals surface area contributed by atoms with Gasteiger partial charge in [0.15, 0.2) is 0 Å². The lowest BCUT2D eigenvalue weighted by Crippen LogP contribution is -2.02. The van der Waals surface area contributed by atoms with Crippen LogP contribution in [0.1, 0.15) is 12.8 Å². The van der Waals surface area contributed by atoms with Crippen LogP contribution in [-0.2, 0) is 4.74 Å². The maximum Gasteiger partial charge on any atom is 0.0867 e. The molecule has 3 atom stereocenters. The number of hydrogen-bond acceptors (Lipinski definition) is 2. The van der Waals surface area contributed by atoms with E-state index in [0.717, 1.165) is 12.8 Å². The molecule has 40 valence electrons. The van der Waals surface area contributed by atoms with Crippen LogP contribution in [0.15, 0.2) is 0 Å². The van der Waals surface area contributed by atoms with Crippen molar-refractivity contribution in [3.8, 4) is 0 Å². The third kappa shape index (κ3) is 0.469. The second kappa shape index (κ2) is 1.01. The Morgan fingerprint density at radius 3 is 2.14 bits per heavy atom. The Morgan fingerprint density at radius 1 is 1.29 bits per heavy atom. The molecular formula is C5H8O2. The van der Waals surface area contributed by atoms with Gasteiger partial charge in [-0.3, -0.25) is 0 Å². The van der Waals surface area contributed by atoms with Gasteiger partial charge in [0, 0.05) is 12.8 Å². The molecule has 0 spiro atoms. The summed E-state index contributed by atoms with van der Waals surface area (Å²) in [4.78, 5) is 0. The fourth-order valence-electron chi connectivity index (χ4n) is 1.23. The number of ether oxygens (including phenoxy) is 1. The van der Waals surface area contributed by atoms with Gasteiger partial charge in [-0.05, 0) is 0 Å². The van der Waals surface area contributed by atoms with Crippen LogP contribution in [-0.4, -0.2) is 23.4 Å². The highest BCUT2D eigenvalue weighted by molar-refractivity contribution is 4.95. The van der Waals surface area contributed by atoms with Gasteiger partial charge in [0.1, 0.15) is 0 Å². The predicted molar refractivity (Wildman–Crippen MR) is 23.9 cm³/mol. The number of fused-ring (bicyclic) bond motifs is 1. The summed E-state index contributed by atoms with van der Waals surface area (Å²) in [5.74, 6) is 0. The minimum Gasteiger partial charge on any atom is -0.393 e. The molecule has 0 aromatic rings. The summed E-state index contributed by atoms with van der Waals surface area (Å²) in [6.45, 7) is 0. The normalized spacial score (nSPS) is 57.0. The first kappa shape index (κ1) is 3.87. The molecule has 1 saturated carbocycles. The Bertz CT molecular complexity index is 82.1. The van der Waals surface area contributed by atoms with E-state index in [0.29, 0.717) is 12.2 Å². The summed E-state index contributed by atoms with van der Waals surface area (Å²) in [7, 11) is 0. The predicted octanol–water partition coefficient (Wildman–Crippen LogP) is -0.0915. The van der Waals surface area contributed by atoms with Gasteiger partial charge in [-0.15, -0.1) is 0 Å². The van der Waals surface area contributed by atoms with Crippen molar-refractivity contribution in [2.24, 2.45) is 0 Å². The van der Waals surface area contributed by atoms with Gasteiger partial charge in [0.05, 0.1) is 18.3 Å². The van der Waals surface area contributed by atoms with Gasteiger partial charge in [0.2, 0.25) is 0 Å². The van der Waals surface area contributed by atoms with Gasteiger partial charge in [-0.1, -0.05) is 0 Å². The highest BCUT2D eigenvalue weighted by Gasteiger charge is 2.47. The number of aliphatic hydroxyl groups excluding tert-OH is 1. The zero-order valence-corrected chi connectivity index (χ0v) is 4.00. The van der Waals surface area contributed by atoms with Crippen molar-refractivity contribution >= 4 is 0 Å². The van der Waals surface area contributed by atoms with E-state index in [-0.39, 0.29) is 6.10 Å². The van der Waals surface area contributed by atoms with E-state index in [1.54, 1.807) is 0 Å². The molecule has 2 rings (SSSR count). The molecule has 0 amide bonds. The number of aliphatic hydroxyl groups is 1. The van der Waals surface area contributed by atoms with E-state index in [4.69, 9.17) is 9.84 Å². The Morgan fingerprint density at radius 2 is 1.86 bits per heavy atom. The molecule has 0 radical (unpaired) electrons. The smallest absolute Gasteiger partial charge is 0.0867 e. The first-order valence-electron chi connectivity index (χ1n) is 2.70. The topological polar surface area (TPSA) is 32.8 Å². The third-order valence-corrected chi connectivity index (χ3v) is 1.70. The number of hydrogen-bond donors (Lipinski definition) is 1. The fourth-order valence-corrected chi connectivity index (χ4v) is 1.23. The van der Waals surface area contributed by atoms with Gasteiger partial charge in [-0.25, -0.2) is 0 Å². The Hall–Kier alpha value is -0.0800. The van der Waals surface area contributed by atoms with E-state index in [1.165, 1.54) is 0 Å². The van der Waals surface area contributed by atoms with E-state index in [1.807, 2.05) is 0 Å². The fraction of sp³-hybridized carbons (Fsp3) is 1.00. The number of rotatable bonds is 0. The Labute approximate surface area is 42.1 Å². The summed E-state index contributed by atoms with van der Waals surface area (Å²) < 4.78 is 5.06. The van der Waals surface area contributed by atoms with Crippen LogP contribution < -0.4 is 0 Å². The molecule has 2 heteroatoms. The van der Waals surface area contributed by atoms with E-state index >= 15 is 0 Å². The first-order valence-corrected chi connectivity index (χ1v) is 2.70. The van der Waals surface area contributed by atoms with Crippen LogP contribution in [0, 0.1) is 0 Å². The van der Waals surface area contributed by atoms with E-state index in [2.05, 4.69) is 0 Å². The molecule has 1 aliphatic heterocycles. The highest BCUT2D eigenvalue weighted by atomic mass is 16.6. The first-order chi connectivity index (χ1) is 3.36. The summed E-state index contributed by atoms with van der Waals surface area (Å²) in [6, 6.07) is 0. The van der Waals surface area contributed by atoms with Crippen LogP contribution >= 0.6 is 0 Å². The van der Waals surface area contributed by atoms with Gasteiger partial charge in [0.25, 0.3) is 0 Å². The van der Waals surface area contributed by atoms with Crippen LogP contribution in [0.3, 0.4) is 0 Å². The lowest BCUT2D eigenvalue weighted by Gasteiger charge is -1.97. The largest absolute Gasteiger partial charge is 0.393 e. The van der Waals surface area contributed by atoms with E-state index < -0.39 is 0 Å². The van der Waals surface area contributed by atoms with Crippen molar-refractivity contribution in [2.75, 3.05) is 0 Å². The summed E-state index contributed by atoms with van der Waals surface area (Å²) in [6.07, 6.45) is 2.59. The molecule has 1 aliphatic carbocycles. The maximum absolute atomic E-state index is 8.85. The Balaban J connectivity index is 2.02. The van der Waals surface area contributed by atoms with Crippen molar-refractivity contribution in [1.82, 2.24) is 0 Å². The molecule has 2 fully saturated rings. The average molecular weight is 100 g/mol. The van der Waals surface area contributed by atoms with Crippen molar-refractivity contribution in [2.45, 2.75) is 31.2 Å². The van der Waals surface area contributed by atoms with Crippen molar-refractivity contribution in [3.63, 3.8) is 0 Å². The standard InChI is InChI=1S/C5H8O2/c6-3-1-4-5(2-3)7-4/h3-6H,1-2H2/t3?,4-,5+. The second-order valence-corrected chi connectivity index (χ2v) is 2.34. The SMILES string of the molecule is OC1C[C@@H]2O[C@@H]2C1. The van der Waals surface area contributed by atoms with Gasteiger partial charge >= 0.3 is 0 Å². The second-order valence-electron chi connectivity index (χ2n) is 2.34. The zero-order valence-electron chi connectivity index (χ0n) is 4.00. The zero-order chi connectivity index (χ0) is 4.85. The molecule has 0 aromatic carbocycles. The van der Waals surface area contributed by atoms with Crippen LogP contribution in [0.2, 0.25) is 0 Å². The van der Waals surface area contributed by atoms with Crippen LogP contribution in [0.25, 0.3) is 0 Å². The van der Waals surface area contributed by atoms with Crippen molar-refractivity contribution < 1.29 is 9.84 Å². The van der Waals surface area contributed by atoms with E-state index in [9.17, 15) is 0 Å². The summed E-state index contributed by atoms with van der Waals surface area (Å²) >= 11 is 0. The molecule has 1 heterocycles. The minimum absolute atomic E-state index is 0.0521. The van der Waals surface area contributed by atoms with Crippen molar-refractivity contribution in [3.05, 3.63) is 0 Å². The number of epoxide rings is 1. The third-order valence-electron chi connectivity index (χ3n) is 1.70. The van der Waals surface area contributed by atoms with Crippen molar-refractivity contribution in [1.29, 1.82) is 0 Å². The quantitative estimate of drug-likeness (QED) is 0.431. The molecule has 1 saturated heterocycles. The summed E-state index contributed by atoms with van der Waals surface area (Å²) in [5.41, 5.74) is 0. The molecule has 2 nitrogen and oxygen atoms in total. The molecular weight excluding hydrogens is 92.1 g/mol. The van der Waals surface area contributed by atoms with Crippen LogP contribution in [0.4, 0.5) is 0 Å². The summed E-state index contributed by atoms with van der Waals surface area (Å²) in [5, 5.41) is 8.85. The molecule has 1 unspecified atom stereocenters. The molecule has 7 heavy (non-hydrogen) atoms. The molecule has 0 aromatic heterocycles. The van der Waals surface area contributed by atoms with Crippen LogP contribution in [0.5, 0.6) is 0 Å². The minimum atomic E-state index is -0.0521. The van der Waals surface area contributed by atoms with Gasteiger partial charge in [-0.2, -0.15) is 0 Å². The molecule has 0 bridgehead atoms. The average Bonchev–Trinajstić information content (AvgIpc) is 2.15.